The number of furan rings is 1. The van der Waals surface area contributed by atoms with Crippen molar-refractivity contribution in [1.29, 1.82) is 0 Å². The molecule has 0 bridgehead atoms. The number of hydrogen-bond donors (Lipinski definition) is 1. The van der Waals surface area contributed by atoms with Gasteiger partial charge in [-0.1, -0.05) is 0 Å². The lowest BCUT2D eigenvalue weighted by atomic mass is 10.1. The highest BCUT2D eigenvalue weighted by molar-refractivity contribution is 6.32. The summed E-state index contributed by atoms with van der Waals surface area (Å²) in [6, 6.07) is 1.49. The average molecular weight is 271 g/mol. The van der Waals surface area contributed by atoms with Crippen molar-refractivity contribution in [3.63, 3.8) is 0 Å². The Morgan fingerprint density at radius 1 is 1.53 bits per heavy atom. The van der Waals surface area contributed by atoms with Crippen LogP contribution in [-0.2, 0) is 0 Å². The second-order valence-corrected chi connectivity index (χ2v) is 4.27. The normalized spacial score (nSPS) is 11.5. The number of amides is 1. The van der Waals surface area contributed by atoms with Crippen LogP contribution in [0.4, 0.5) is 0 Å². The molecule has 1 N–H and O–H groups in total. The molecule has 1 rings (SSSR count). The quantitative estimate of drug-likeness (QED) is 0.855. The minimum Gasteiger partial charge on any atom is -0.452 e. The summed E-state index contributed by atoms with van der Waals surface area (Å²) in [4.78, 5) is 11.7. The molecular formula is C9H10Cl3NO2. The van der Waals surface area contributed by atoms with Crippen LogP contribution in [0.1, 0.15) is 17.3 Å². The van der Waals surface area contributed by atoms with Crippen molar-refractivity contribution in [2.45, 2.75) is 12.5 Å². The van der Waals surface area contributed by atoms with Crippen LogP contribution in [0.2, 0.25) is 5.22 Å². The fourth-order valence-electron chi connectivity index (χ4n) is 0.900. The summed E-state index contributed by atoms with van der Waals surface area (Å²) in [6.07, 6.45) is 1.34. The average Bonchev–Trinajstić information content (AvgIpc) is 2.64. The Kier molecular flexibility index (Phi) is 4.32. The molecule has 1 aromatic rings. The van der Waals surface area contributed by atoms with Crippen LogP contribution in [0.15, 0.2) is 16.7 Å². The lowest BCUT2D eigenvalue weighted by molar-refractivity contribution is 0.0921. The Morgan fingerprint density at radius 2 is 2.13 bits per heavy atom. The largest absolute Gasteiger partial charge is 0.452 e. The first-order valence-electron chi connectivity index (χ1n) is 4.20. The first-order chi connectivity index (χ1) is 7.02. The van der Waals surface area contributed by atoms with Gasteiger partial charge in [-0.2, -0.15) is 0 Å². The van der Waals surface area contributed by atoms with E-state index in [2.05, 4.69) is 5.32 Å². The summed E-state index contributed by atoms with van der Waals surface area (Å²) in [6.45, 7) is 1.75. The molecule has 1 aromatic heterocycles. The zero-order valence-corrected chi connectivity index (χ0v) is 10.3. The minimum absolute atomic E-state index is 0.0546. The molecule has 1 heterocycles. The Balaban J connectivity index is 2.76. The van der Waals surface area contributed by atoms with Gasteiger partial charge < -0.3 is 9.73 Å². The van der Waals surface area contributed by atoms with E-state index in [0.717, 1.165) is 0 Å². The minimum atomic E-state index is -0.652. The zero-order chi connectivity index (χ0) is 11.5. The smallest absolute Gasteiger partial charge is 0.256 e. The number of alkyl halides is 2. The van der Waals surface area contributed by atoms with E-state index < -0.39 is 5.54 Å². The van der Waals surface area contributed by atoms with Gasteiger partial charge in [0.25, 0.3) is 5.91 Å². The third kappa shape index (κ3) is 3.03. The highest BCUT2D eigenvalue weighted by atomic mass is 35.5. The Bertz CT molecular complexity index is 347. The summed E-state index contributed by atoms with van der Waals surface area (Å²) >= 11 is 17.1. The van der Waals surface area contributed by atoms with Gasteiger partial charge in [-0.15, -0.1) is 23.2 Å². The van der Waals surface area contributed by atoms with Gasteiger partial charge in [-0.25, -0.2) is 0 Å². The van der Waals surface area contributed by atoms with E-state index in [9.17, 15) is 4.79 Å². The van der Waals surface area contributed by atoms with Gasteiger partial charge in [0.05, 0.1) is 17.4 Å². The summed E-state index contributed by atoms with van der Waals surface area (Å²) in [5.74, 6) is 0.0904. The Labute approximate surface area is 103 Å². The van der Waals surface area contributed by atoms with Gasteiger partial charge in [0.1, 0.15) is 0 Å². The molecule has 0 radical (unpaired) electrons. The van der Waals surface area contributed by atoms with Crippen molar-refractivity contribution in [2.24, 2.45) is 0 Å². The fourth-order valence-corrected chi connectivity index (χ4v) is 1.52. The number of hydrogen-bond acceptors (Lipinski definition) is 2. The molecule has 0 aliphatic rings. The van der Waals surface area contributed by atoms with Gasteiger partial charge in [0.2, 0.25) is 5.22 Å². The zero-order valence-electron chi connectivity index (χ0n) is 8.02. The molecule has 6 heteroatoms. The molecule has 15 heavy (non-hydrogen) atoms. The van der Waals surface area contributed by atoms with Crippen LogP contribution in [0.25, 0.3) is 0 Å². The molecule has 0 atom stereocenters. The van der Waals surface area contributed by atoms with Gasteiger partial charge in [-0.3, -0.25) is 4.79 Å². The molecule has 0 aromatic carbocycles. The van der Waals surface area contributed by atoms with Crippen molar-refractivity contribution in [2.75, 3.05) is 11.8 Å². The van der Waals surface area contributed by atoms with E-state index in [4.69, 9.17) is 39.2 Å². The molecule has 84 valence electrons. The number of carbonyl (C=O) groups is 1. The number of halogens is 3. The van der Waals surface area contributed by atoms with Gasteiger partial charge in [0, 0.05) is 11.8 Å². The first-order valence-corrected chi connectivity index (χ1v) is 5.64. The lowest BCUT2D eigenvalue weighted by Gasteiger charge is -2.25. The third-order valence-electron chi connectivity index (χ3n) is 1.87. The number of nitrogens with one attached hydrogen (secondary N) is 1. The van der Waals surface area contributed by atoms with Gasteiger partial charge >= 0.3 is 0 Å². The molecule has 0 unspecified atom stereocenters. The van der Waals surface area contributed by atoms with Crippen LogP contribution < -0.4 is 5.32 Å². The van der Waals surface area contributed by atoms with E-state index in [0.29, 0.717) is 0 Å². The second-order valence-electron chi connectivity index (χ2n) is 3.39. The monoisotopic (exact) mass is 269 g/mol. The second kappa shape index (κ2) is 5.10. The first kappa shape index (κ1) is 12.7. The van der Waals surface area contributed by atoms with Crippen molar-refractivity contribution < 1.29 is 9.21 Å². The molecule has 0 saturated carbocycles. The number of rotatable bonds is 4. The Hall–Kier alpha value is -0.380. The SMILES string of the molecule is CC(CCl)(CCl)NC(=O)c1ccoc1Cl. The molecule has 0 spiro atoms. The van der Waals surface area contributed by atoms with Gasteiger partial charge in [-0.05, 0) is 24.6 Å². The van der Waals surface area contributed by atoms with Crippen molar-refractivity contribution >= 4 is 40.7 Å². The molecule has 3 nitrogen and oxygen atoms in total. The van der Waals surface area contributed by atoms with E-state index in [1.54, 1.807) is 6.92 Å². The van der Waals surface area contributed by atoms with E-state index in [1.807, 2.05) is 0 Å². The Morgan fingerprint density at radius 3 is 2.53 bits per heavy atom. The summed E-state index contributed by atoms with van der Waals surface area (Å²) < 4.78 is 4.81. The summed E-state index contributed by atoms with van der Waals surface area (Å²) in [5.41, 5.74) is -0.376. The van der Waals surface area contributed by atoms with E-state index in [-0.39, 0.29) is 28.5 Å². The standard InChI is InChI=1S/C9H10Cl3NO2/c1-9(4-10,5-11)13-8(14)6-2-3-15-7(6)12/h2-3H,4-5H2,1H3,(H,13,14). The van der Waals surface area contributed by atoms with E-state index >= 15 is 0 Å². The van der Waals surface area contributed by atoms with Crippen LogP contribution in [0, 0.1) is 0 Å². The molecule has 0 aliphatic heterocycles. The lowest BCUT2D eigenvalue weighted by Crippen LogP contribution is -2.49. The van der Waals surface area contributed by atoms with E-state index in [1.165, 1.54) is 12.3 Å². The molecule has 1 amide bonds. The number of carbonyl (C=O) groups excluding carboxylic acids is 1. The van der Waals surface area contributed by atoms with Crippen molar-refractivity contribution in [1.82, 2.24) is 5.32 Å². The maximum absolute atomic E-state index is 11.7. The van der Waals surface area contributed by atoms with Crippen molar-refractivity contribution in [3.05, 3.63) is 23.1 Å². The maximum atomic E-state index is 11.7. The topological polar surface area (TPSA) is 42.2 Å². The molecule has 0 fully saturated rings. The van der Waals surface area contributed by atoms with Crippen molar-refractivity contribution in [3.8, 4) is 0 Å². The highest BCUT2D eigenvalue weighted by Crippen LogP contribution is 2.18. The molecule has 0 aliphatic carbocycles. The van der Waals surface area contributed by atoms with Crippen LogP contribution in [0.3, 0.4) is 0 Å². The predicted molar refractivity (Wildman–Crippen MR) is 61.0 cm³/mol. The third-order valence-corrected chi connectivity index (χ3v) is 3.34. The van der Waals surface area contributed by atoms with Crippen LogP contribution in [0.5, 0.6) is 0 Å². The fraction of sp³-hybridized carbons (Fsp3) is 0.444. The predicted octanol–water partition coefficient (Wildman–Crippen LogP) is 2.90. The highest BCUT2D eigenvalue weighted by Gasteiger charge is 2.26. The summed E-state index contributed by atoms with van der Waals surface area (Å²) in [7, 11) is 0. The van der Waals surface area contributed by atoms with Crippen LogP contribution >= 0.6 is 34.8 Å². The van der Waals surface area contributed by atoms with Crippen LogP contribution in [-0.4, -0.2) is 23.2 Å². The van der Waals surface area contributed by atoms with Gasteiger partial charge in [0.15, 0.2) is 0 Å². The molecular weight excluding hydrogens is 260 g/mol. The summed E-state index contributed by atoms with van der Waals surface area (Å²) in [5, 5.41) is 2.74. The maximum Gasteiger partial charge on any atom is 0.256 e. The molecule has 0 saturated heterocycles.